The lowest BCUT2D eigenvalue weighted by molar-refractivity contribution is -0.126. The quantitative estimate of drug-likeness (QED) is 0.845. The van der Waals surface area contributed by atoms with Crippen molar-refractivity contribution in [3.05, 3.63) is 23.8 Å². The highest BCUT2D eigenvalue weighted by Crippen LogP contribution is 2.28. The van der Waals surface area contributed by atoms with Gasteiger partial charge in [-0.2, -0.15) is 0 Å². The maximum Gasteiger partial charge on any atom is 0.292 e. The number of rotatable bonds is 5. The Morgan fingerprint density at radius 1 is 1.24 bits per heavy atom. The third-order valence-corrected chi connectivity index (χ3v) is 3.46. The molecule has 116 valence electrons. The molecule has 0 heterocycles. The number of aromatic hydroxyl groups is 1. The zero-order valence-electron chi connectivity index (χ0n) is 12.3. The third kappa shape index (κ3) is 5.85. The topological polar surface area (TPSA) is 72.8 Å². The monoisotopic (exact) mass is 294 g/mol. The van der Waals surface area contributed by atoms with Crippen LogP contribution in [0.4, 0.5) is 0 Å². The second-order valence-electron chi connectivity index (χ2n) is 4.95. The average Bonchev–Trinajstić information content (AvgIpc) is 2.54. The van der Waals surface area contributed by atoms with Gasteiger partial charge in [-0.15, -0.1) is 0 Å². The van der Waals surface area contributed by atoms with E-state index >= 15 is 0 Å². The van der Waals surface area contributed by atoms with E-state index in [2.05, 4.69) is 4.74 Å². The fourth-order valence-corrected chi connectivity index (χ4v) is 2.34. The minimum absolute atomic E-state index is 0.0128. The van der Waals surface area contributed by atoms with Crippen LogP contribution in [0.1, 0.15) is 42.5 Å². The highest BCUT2D eigenvalue weighted by atomic mass is 16.5. The molecule has 0 aromatic heterocycles. The van der Waals surface area contributed by atoms with Crippen LogP contribution in [0.15, 0.2) is 18.2 Å². The van der Waals surface area contributed by atoms with Gasteiger partial charge in [0.1, 0.15) is 11.5 Å². The zero-order valence-corrected chi connectivity index (χ0v) is 12.3. The molecule has 1 aromatic rings. The lowest BCUT2D eigenvalue weighted by Crippen LogP contribution is -2.15. The van der Waals surface area contributed by atoms with Crippen molar-refractivity contribution < 1.29 is 24.2 Å². The Bertz CT molecular complexity index is 438. The number of carbonyl (C=O) groups is 2. The molecule has 1 N–H and O–H groups in total. The number of phenolic OH excluding ortho intramolecular Hbond substituents is 1. The molecule has 0 atom stereocenters. The van der Waals surface area contributed by atoms with E-state index in [1.165, 1.54) is 45.3 Å². The molecular formula is C16H22O5. The van der Waals surface area contributed by atoms with Crippen molar-refractivity contribution in [2.75, 3.05) is 13.7 Å². The van der Waals surface area contributed by atoms with Gasteiger partial charge in [0.2, 0.25) is 0 Å². The number of phenols is 1. The van der Waals surface area contributed by atoms with Crippen LogP contribution in [0.25, 0.3) is 0 Å². The Hall–Kier alpha value is -2.04. The van der Waals surface area contributed by atoms with Gasteiger partial charge in [-0.05, 0) is 30.9 Å². The second-order valence-corrected chi connectivity index (χ2v) is 4.95. The van der Waals surface area contributed by atoms with Crippen LogP contribution in [0.2, 0.25) is 0 Å². The van der Waals surface area contributed by atoms with Crippen molar-refractivity contribution in [3.8, 4) is 11.5 Å². The van der Waals surface area contributed by atoms with E-state index in [1.807, 2.05) is 0 Å². The van der Waals surface area contributed by atoms with Crippen molar-refractivity contribution >= 4 is 12.8 Å². The summed E-state index contributed by atoms with van der Waals surface area (Å²) in [6.07, 6.45) is 6.92. The van der Waals surface area contributed by atoms with Gasteiger partial charge in [0.05, 0.1) is 19.3 Å². The van der Waals surface area contributed by atoms with Crippen molar-refractivity contribution in [2.45, 2.75) is 32.1 Å². The number of hydrogen-bond donors (Lipinski definition) is 1. The van der Waals surface area contributed by atoms with Gasteiger partial charge in [0.15, 0.2) is 6.29 Å². The number of benzene rings is 1. The molecule has 0 spiro atoms. The molecular weight excluding hydrogens is 272 g/mol. The summed E-state index contributed by atoms with van der Waals surface area (Å²) in [5.74, 6) is 1.07. The fourth-order valence-electron chi connectivity index (χ4n) is 2.34. The van der Waals surface area contributed by atoms with Crippen molar-refractivity contribution in [1.29, 1.82) is 0 Å². The summed E-state index contributed by atoms with van der Waals surface area (Å²) in [7, 11) is 1.31. The molecule has 0 unspecified atom stereocenters. The minimum atomic E-state index is -0.0128. The molecule has 1 fully saturated rings. The third-order valence-electron chi connectivity index (χ3n) is 3.46. The van der Waals surface area contributed by atoms with Gasteiger partial charge >= 0.3 is 0 Å². The first kappa shape index (κ1) is 17.0. The molecule has 0 saturated heterocycles. The van der Waals surface area contributed by atoms with Crippen LogP contribution in [-0.2, 0) is 9.53 Å². The molecule has 5 heteroatoms. The van der Waals surface area contributed by atoms with Gasteiger partial charge in [-0.1, -0.05) is 25.3 Å². The van der Waals surface area contributed by atoms with E-state index in [1.54, 1.807) is 12.1 Å². The molecule has 0 aliphatic heterocycles. The zero-order chi connectivity index (χ0) is 15.5. The maximum absolute atomic E-state index is 10.9. The van der Waals surface area contributed by atoms with E-state index in [0.29, 0.717) is 31.0 Å². The smallest absolute Gasteiger partial charge is 0.292 e. The summed E-state index contributed by atoms with van der Waals surface area (Å²) in [5.41, 5.74) is 0.253. The Kier molecular flexibility index (Phi) is 7.94. The lowest BCUT2D eigenvalue weighted by atomic mass is 9.90. The summed E-state index contributed by atoms with van der Waals surface area (Å²) < 4.78 is 9.52. The van der Waals surface area contributed by atoms with E-state index in [4.69, 9.17) is 9.53 Å². The molecule has 0 amide bonds. The van der Waals surface area contributed by atoms with Gasteiger partial charge in [0.25, 0.3) is 6.47 Å². The molecule has 21 heavy (non-hydrogen) atoms. The number of carbonyl (C=O) groups excluding carboxylic acids is 2. The van der Waals surface area contributed by atoms with Crippen LogP contribution >= 0.6 is 0 Å². The maximum atomic E-state index is 10.9. The Morgan fingerprint density at radius 2 is 1.90 bits per heavy atom. The van der Waals surface area contributed by atoms with Crippen LogP contribution in [0, 0.1) is 5.92 Å². The van der Waals surface area contributed by atoms with Crippen molar-refractivity contribution in [1.82, 2.24) is 0 Å². The van der Waals surface area contributed by atoms with E-state index in [9.17, 15) is 9.90 Å². The fraction of sp³-hybridized carbons (Fsp3) is 0.500. The number of methoxy groups -OCH3 is 1. The molecule has 1 aliphatic rings. The van der Waals surface area contributed by atoms with E-state index in [-0.39, 0.29) is 11.3 Å². The molecule has 5 nitrogen and oxygen atoms in total. The van der Waals surface area contributed by atoms with Gasteiger partial charge < -0.3 is 14.6 Å². The average molecular weight is 294 g/mol. The SMILES string of the molecule is COC=O.O=Cc1c(O)cccc1OCC1CCCCC1. The summed E-state index contributed by atoms with van der Waals surface area (Å²) in [5, 5.41) is 9.52. The molecule has 0 radical (unpaired) electrons. The Morgan fingerprint density at radius 3 is 2.48 bits per heavy atom. The molecule has 1 saturated carbocycles. The Balaban J connectivity index is 0.000000491. The van der Waals surface area contributed by atoms with E-state index < -0.39 is 0 Å². The number of ether oxygens (including phenoxy) is 2. The number of aldehydes is 1. The first-order valence-corrected chi connectivity index (χ1v) is 7.09. The first-order chi connectivity index (χ1) is 10.2. The van der Waals surface area contributed by atoms with Gasteiger partial charge in [-0.25, -0.2) is 0 Å². The summed E-state index contributed by atoms with van der Waals surface area (Å²) in [6, 6.07) is 4.92. The molecule has 2 rings (SSSR count). The first-order valence-electron chi connectivity index (χ1n) is 7.09. The standard InChI is InChI=1S/C14H18O3.C2H4O2/c15-9-12-13(16)7-4-8-14(12)17-10-11-5-2-1-3-6-11;1-4-2-3/h4,7-9,11,16H,1-3,5-6,10H2;2H,1H3. The lowest BCUT2D eigenvalue weighted by Gasteiger charge is -2.22. The van der Waals surface area contributed by atoms with Crippen molar-refractivity contribution in [3.63, 3.8) is 0 Å². The molecule has 1 aromatic carbocycles. The minimum Gasteiger partial charge on any atom is -0.507 e. The van der Waals surface area contributed by atoms with Gasteiger partial charge in [0, 0.05) is 0 Å². The molecule has 0 bridgehead atoms. The summed E-state index contributed by atoms with van der Waals surface area (Å²) >= 11 is 0. The van der Waals surface area contributed by atoms with Crippen LogP contribution in [0.5, 0.6) is 11.5 Å². The highest BCUT2D eigenvalue weighted by molar-refractivity contribution is 5.83. The van der Waals surface area contributed by atoms with E-state index in [0.717, 1.165) is 0 Å². The van der Waals surface area contributed by atoms with Crippen LogP contribution in [-0.4, -0.2) is 31.6 Å². The predicted octanol–water partition coefficient (Wildman–Crippen LogP) is 2.95. The molecule has 1 aliphatic carbocycles. The normalized spacial score (nSPS) is 14.5. The largest absolute Gasteiger partial charge is 0.507 e. The summed E-state index contributed by atoms with van der Waals surface area (Å²) in [6.45, 7) is 1.02. The summed E-state index contributed by atoms with van der Waals surface area (Å²) in [4.78, 5) is 19.8. The number of hydrogen-bond acceptors (Lipinski definition) is 5. The highest BCUT2D eigenvalue weighted by Gasteiger charge is 2.15. The van der Waals surface area contributed by atoms with Crippen LogP contribution in [0.3, 0.4) is 0 Å². The predicted molar refractivity (Wildman–Crippen MR) is 78.6 cm³/mol. The van der Waals surface area contributed by atoms with Crippen LogP contribution < -0.4 is 4.74 Å². The Labute approximate surface area is 124 Å². The van der Waals surface area contributed by atoms with Crippen molar-refractivity contribution in [2.24, 2.45) is 5.92 Å². The van der Waals surface area contributed by atoms with Gasteiger partial charge in [-0.3, -0.25) is 9.59 Å². The second kappa shape index (κ2) is 9.80.